The summed E-state index contributed by atoms with van der Waals surface area (Å²) >= 11 is 0. The van der Waals surface area contributed by atoms with Crippen molar-refractivity contribution in [1.29, 1.82) is 0 Å². The number of rotatable bonds is 5. The molecule has 1 radical (unpaired) electrons. The summed E-state index contributed by atoms with van der Waals surface area (Å²) in [5.74, 6) is 0. The third kappa shape index (κ3) is 8.07. The second kappa shape index (κ2) is 14.6. The van der Waals surface area contributed by atoms with E-state index in [1.807, 2.05) is 67.7 Å². The molecule has 0 aliphatic carbocycles. The van der Waals surface area contributed by atoms with Crippen LogP contribution in [0.1, 0.15) is 79.1 Å². The Morgan fingerprint density at radius 1 is 0.776 bits per heavy atom. The van der Waals surface area contributed by atoms with Gasteiger partial charge < -0.3 is 14.4 Å². The van der Waals surface area contributed by atoms with Crippen molar-refractivity contribution in [2.45, 2.75) is 72.4 Å². The molecule has 0 fully saturated rings. The molecule has 0 aliphatic heterocycles. The number of benzene rings is 3. The Kier molecular flexibility index (Phi) is 7.86. The molecule has 7 rings (SSSR count). The zero-order valence-electron chi connectivity index (χ0n) is 36.4. The van der Waals surface area contributed by atoms with E-state index in [1.165, 1.54) is 23.9 Å². The Bertz CT molecular complexity index is 2490. The third-order valence-electron chi connectivity index (χ3n) is 8.27. The molecule has 4 nitrogen and oxygen atoms in total. The number of hydrogen-bond acceptors (Lipinski definition) is 4. The van der Waals surface area contributed by atoms with Crippen LogP contribution in [-0.2, 0) is 37.3 Å². The summed E-state index contributed by atoms with van der Waals surface area (Å²) < 4.78 is 72.5. The Morgan fingerprint density at radius 2 is 1.55 bits per heavy atom. The zero-order chi connectivity index (χ0) is 40.8. The fraction of sp³-hybridized carbons (Fsp3) is 0.250. The first-order valence-corrected chi connectivity index (χ1v) is 15.9. The van der Waals surface area contributed by atoms with Crippen LogP contribution < -0.4 is 0 Å². The summed E-state index contributed by atoms with van der Waals surface area (Å²) in [6, 6.07) is 33.9. The van der Waals surface area contributed by atoms with E-state index < -0.39 is 25.5 Å². The number of fused-ring (bicyclic) bond motifs is 3. The van der Waals surface area contributed by atoms with Crippen LogP contribution in [0.4, 0.5) is 0 Å². The van der Waals surface area contributed by atoms with E-state index in [2.05, 4.69) is 53.9 Å². The van der Waals surface area contributed by atoms with Crippen LogP contribution in [0.25, 0.3) is 44.6 Å². The van der Waals surface area contributed by atoms with Gasteiger partial charge in [-0.25, -0.2) is 4.98 Å². The molecule has 0 atom stereocenters. The second-order valence-electron chi connectivity index (χ2n) is 13.4. The van der Waals surface area contributed by atoms with Gasteiger partial charge in [0.15, 0.2) is 0 Å². The van der Waals surface area contributed by atoms with Gasteiger partial charge in [0.05, 0.1) is 5.58 Å². The van der Waals surface area contributed by atoms with Gasteiger partial charge in [-0.15, -0.1) is 54.1 Å². The largest absolute Gasteiger partial charge is 0.486 e. The summed E-state index contributed by atoms with van der Waals surface area (Å²) in [7, 11) is 0. The Hall–Kier alpha value is -4.44. The van der Waals surface area contributed by atoms with E-state index in [1.54, 1.807) is 32.0 Å². The predicted molar refractivity (Wildman–Crippen MR) is 198 cm³/mol. The Balaban J connectivity index is 0.000000374. The maximum atomic E-state index is 9.39. The number of pyridine rings is 3. The molecule has 0 bridgehead atoms. The zero-order valence-corrected chi connectivity index (χ0v) is 30.8. The second-order valence-corrected chi connectivity index (χ2v) is 13.4. The Labute approximate surface area is 315 Å². The van der Waals surface area contributed by atoms with Crippen molar-refractivity contribution in [3.8, 4) is 22.5 Å². The van der Waals surface area contributed by atoms with Gasteiger partial charge in [-0.3, -0.25) is 0 Å². The molecule has 0 saturated carbocycles. The van der Waals surface area contributed by atoms with E-state index in [9.17, 15) is 2.74 Å². The molecule has 0 aliphatic rings. The first kappa shape index (κ1) is 26.4. The standard InChI is InChI=1S/C32H33N2O.C12H10N.Ir/c1-20-19-33-28(27-10-8-9-25-26-16-11-21(2)34-30(26)35-29(25)27)17-22(20)18-32(6,7)24-14-12-23(13-15-24)31(3,4)5;1-10-7-8-12(13-9-10)11-5-3-2-4-6-11;/h8-9,11-17,19H,18H2,1-7H3;2-5,7-9H,1H3;/q2*-1;/i1D3,2D3,18D2;;. The van der Waals surface area contributed by atoms with Crippen molar-refractivity contribution >= 4 is 22.1 Å². The van der Waals surface area contributed by atoms with Crippen LogP contribution in [0.2, 0.25) is 0 Å². The molecule has 4 aromatic heterocycles. The summed E-state index contributed by atoms with van der Waals surface area (Å²) in [5.41, 5.74) is 4.67. The van der Waals surface area contributed by atoms with Crippen LogP contribution >= 0.6 is 0 Å². The van der Waals surface area contributed by atoms with Crippen LogP contribution in [0.15, 0.2) is 108 Å². The van der Waals surface area contributed by atoms with Gasteiger partial charge in [0, 0.05) is 54.5 Å². The molecule has 4 heterocycles. The average Bonchev–Trinajstić information content (AvgIpc) is 3.53. The summed E-state index contributed by atoms with van der Waals surface area (Å²) in [5, 5.41) is 1.26. The molecule has 5 heteroatoms. The first-order valence-electron chi connectivity index (χ1n) is 19.9. The monoisotopic (exact) mass is 830 g/mol. The smallest absolute Gasteiger partial charge is 0.216 e. The van der Waals surface area contributed by atoms with Crippen LogP contribution in [0.5, 0.6) is 0 Å². The van der Waals surface area contributed by atoms with Gasteiger partial charge in [0.25, 0.3) is 0 Å². The first-order chi connectivity index (χ1) is 26.1. The molecule has 3 aromatic carbocycles. The van der Waals surface area contributed by atoms with Gasteiger partial charge in [-0.1, -0.05) is 88.0 Å². The van der Waals surface area contributed by atoms with E-state index >= 15 is 0 Å². The average molecular weight is 830 g/mol. The van der Waals surface area contributed by atoms with E-state index in [0.29, 0.717) is 21.9 Å². The molecule has 7 aromatic rings. The van der Waals surface area contributed by atoms with Gasteiger partial charge in [-0.2, -0.15) is 0 Å². The van der Waals surface area contributed by atoms with Crippen molar-refractivity contribution in [3.05, 3.63) is 149 Å². The van der Waals surface area contributed by atoms with Gasteiger partial charge >= 0.3 is 0 Å². The van der Waals surface area contributed by atoms with Gasteiger partial charge in [0.2, 0.25) is 5.71 Å². The van der Waals surface area contributed by atoms with Crippen molar-refractivity contribution < 1.29 is 35.5 Å². The van der Waals surface area contributed by atoms with Crippen molar-refractivity contribution in [2.75, 3.05) is 0 Å². The van der Waals surface area contributed by atoms with Crippen LogP contribution in [-0.4, -0.2) is 15.0 Å². The van der Waals surface area contributed by atoms with Crippen molar-refractivity contribution in [2.24, 2.45) is 0 Å². The molecule has 0 spiro atoms. The van der Waals surface area contributed by atoms with Crippen molar-refractivity contribution in [3.63, 3.8) is 0 Å². The molecule has 0 saturated heterocycles. The number of aryl methyl sites for hydroxylation is 3. The van der Waals surface area contributed by atoms with Crippen LogP contribution in [0, 0.1) is 32.8 Å². The minimum Gasteiger partial charge on any atom is -0.486 e. The minimum atomic E-state index is -2.62. The van der Waals surface area contributed by atoms with Crippen LogP contribution in [0.3, 0.4) is 0 Å². The summed E-state index contributed by atoms with van der Waals surface area (Å²) in [4.78, 5) is 13.0. The quantitative estimate of drug-likeness (QED) is 0.162. The molecule has 0 unspecified atom stereocenters. The van der Waals surface area contributed by atoms with Crippen molar-refractivity contribution in [1.82, 2.24) is 15.0 Å². The van der Waals surface area contributed by atoms with Gasteiger partial charge in [0.1, 0.15) is 0 Å². The number of aromatic nitrogens is 3. The molecule has 49 heavy (non-hydrogen) atoms. The SMILES string of the molecule is Cc1ccc(-c2[c-]cccc2)nc1.[2H]C([2H])([2H])c1ccc2c(n1)oc1c(-c3cc(C([2H])([2H])C(C)(C)c4ccc(C(C)(C)C)cc4)c(C([2H])([2H])[2H])cn3)[c-]ccc12.[Ir]. The normalized spacial score (nSPS) is 14.8. The number of nitrogens with zero attached hydrogens (tertiary/aromatic N) is 3. The predicted octanol–water partition coefficient (Wildman–Crippen LogP) is 11.1. The third-order valence-corrected chi connectivity index (χ3v) is 8.27. The number of furan rings is 1. The molecular formula is C44H43IrN3O-2. The van der Waals surface area contributed by atoms with E-state index in [-0.39, 0.29) is 53.7 Å². The maximum Gasteiger partial charge on any atom is 0.216 e. The molecule has 251 valence electrons. The topological polar surface area (TPSA) is 51.8 Å². The fourth-order valence-corrected chi connectivity index (χ4v) is 5.48. The van der Waals surface area contributed by atoms with Gasteiger partial charge in [-0.05, 0) is 89.2 Å². The molecule has 0 amide bonds. The summed E-state index contributed by atoms with van der Waals surface area (Å²) in [6.45, 7) is 6.86. The molecule has 0 N–H and O–H groups in total. The maximum absolute atomic E-state index is 9.39. The molecular weight excluding hydrogens is 779 g/mol. The van der Waals surface area contributed by atoms with E-state index in [0.717, 1.165) is 22.4 Å². The fourth-order valence-electron chi connectivity index (χ4n) is 5.48. The minimum absolute atomic E-state index is 0. The summed E-state index contributed by atoms with van der Waals surface area (Å²) in [6.07, 6.45) is 0.931. The Morgan fingerprint density at radius 3 is 2.22 bits per heavy atom. The van der Waals surface area contributed by atoms with E-state index in [4.69, 9.17) is 12.6 Å². The number of hydrogen-bond donors (Lipinski definition) is 0.